The number of ether oxygens (including phenoxy) is 2. The van der Waals surface area contributed by atoms with Crippen LogP contribution in [0.3, 0.4) is 0 Å². The van der Waals surface area contributed by atoms with Crippen molar-refractivity contribution >= 4 is 5.78 Å². The van der Waals surface area contributed by atoms with E-state index in [1.165, 1.54) is 0 Å². The fourth-order valence-electron chi connectivity index (χ4n) is 1.74. The molecule has 1 aromatic rings. The van der Waals surface area contributed by atoms with Gasteiger partial charge in [0.1, 0.15) is 11.5 Å². The lowest BCUT2D eigenvalue weighted by Crippen LogP contribution is -2.11. The van der Waals surface area contributed by atoms with Crippen molar-refractivity contribution in [3.05, 3.63) is 23.3 Å². The van der Waals surface area contributed by atoms with Crippen LogP contribution in [0.15, 0.2) is 12.1 Å². The summed E-state index contributed by atoms with van der Waals surface area (Å²) in [4.78, 5) is 11.5. The first-order valence-electron chi connectivity index (χ1n) is 6.22. The van der Waals surface area contributed by atoms with E-state index in [4.69, 9.17) is 9.47 Å². The summed E-state index contributed by atoms with van der Waals surface area (Å²) >= 11 is 0. The minimum atomic E-state index is 0.00733. The average Bonchev–Trinajstić information content (AvgIpc) is 2.33. The number of hydrogen-bond donors (Lipinski definition) is 1. The maximum Gasteiger partial charge on any atom is 0.160 e. The van der Waals surface area contributed by atoms with Crippen LogP contribution in [-0.2, 0) is 6.54 Å². The van der Waals surface area contributed by atoms with E-state index in [1.54, 1.807) is 19.1 Å². The Morgan fingerprint density at radius 3 is 2.00 bits per heavy atom. The van der Waals surface area contributed by atoms with Gasteiger partial charge in [0.05, 0.1) is 13.2 Å². The molecule has 0 aliphatic heterocycles. The van der Waals surface area contributed by atoms with Crippen LogP contribution in [0.4, 0.5) is 0 Å². The van der Waals surface area contributed by atoms with Crippen molar-refractivity contribution in [3.63, 3.8) is 0 Å². The Morgan fingerprint density at radius 1 is 1.17 bits per heavy atom. The van der Waals surface area contributed by atoms with Gasteiger partial charge in [-0.3, -0.25) is 4.79 Å². The molecule has 0 heterocycles. The first-order valence-corrected chi connectivity index (χ1v) is 6.22. The summed E-state index contributed by atoms with van der Waals surface area (Å²) in [5, 5.41) is 3.09. The van der Waals surface area contributed by atoms with Gasteiger partial charge in [0.25, 0.3) is 0 Å². The number of hydrogen-bond acceptors (Lipinski definition) is 4. The molecule has 1 aromatic carbocycles. The summed E-state index contributed by atoms with van der Waals surface area (Å²) in [6, 6.07) is 3.56. The Kier molecular flexibility index (Phi) is 5.65. The van der Waals surface area contributed by atoms with Gasteiger partial charge in [-0.1, -0.05) is 0 Å². The van der Waals surface area contributed by atoms with Crippen molar-refractivity contribution in [1.29, 1.82) is 0 Å². The number of Topliss-reactive ketones (excluding diaryl/α,β-unsaturated/α-hetero) is 1. The van der Waals surface area contributed by atoms with Crippen LogP contribution in [-0.4, -0.2) is 26.0 Å². The molecule has 0 spiro atoms. The quantitative estimate of drug-likeness (QED) is 0.756. The zero-order chi connectivity index (χ0) is 13.5. The van der Waals surface area contributed by atoms with E-state index in [0.29, 0.717) is 36.8 Å². The number of ketones is 1. The largest absolute Gasteiger partial charge is 0.493 e. The van der Waals surface area contributed by atoms with Gasteiger partial charge in [0.2, 0.25) is 0 Å². The van der Waals surface area contributed by atoms with Gasteiger partial charge in [-0.15, -0.1) is 0 Å². The highest BCUT2D eigenvalue weighted by Crippen LogP contribution is 2.31. The van der Waals surface area contributed by atoms with Crippen molar-refractivity contribution < 1.29 is 14.3 Å². The number of carbonyl (C=O) groups excluding carboxylic acids is 1. The third-order valence-electron chi connectivity index (χ3n) is 2.53. The lowest BCUT2D eigenvalue weighted by molar-refractivity contribution is 0.101. The summed E-state index contributed by atoms with van der Waals surface area (Å²) < 4.78 is 11.2. The molecule has 0 unspecified atom stereocenters. The molecule has 18 heavy (non-hydrogen) atoms. The molecular weight excluding hydrogens is 230 g/mol. The molecule has 0 amide bonds. The molecule has 0 saturated carbocycles. The van der Waals surface area contributed by atoms with Gasteiger partial charge in [0, 0.05) is 17.7 Å². The molecule has 100 valence electrons. The number of rotatable bonds is 7. The normalized spacial score (nSPS) is 10.2. The third-order valence-corrected chi connectivity index (χ3v) is 2.53. The smallest absolute Gasteiger partial charge is 0.160 e. The predicted molar refractivity (Wildman–Crippen MR) is 71.5 cm³/mol. The van der Waals surface area contributed by atoms with Gasteiger partial charge in [0.15, 0.2) is 5.78 Å². The molecule has 0 radical (unpaired) electrons. The van der Waals surface area contributed by atoms with Gasteiger partial charge in [-0.25, -0.2) is 0 Å². The van der Waals surface area contributed by atoms with Crippen molar-refractivity contribution in [1.82, 2.24) is 5.32 Å². The van der Waals surface area contributed by atoms with Gasteiger partial charge < -0.3 is 14.8 Å². The molecule has 1 N–H and O–H groups in total. The van der Waals surface area contributed by atoms with Crippen LogP contribution in [0.5, 0.6) is 11.5 Å². The minimum absolute atomic E-state index is 0.00733. The SMILES string of the molecule is CCOc1cc(C(C)=O)cc(OCC)c1CNC. The second kappa shape index (κ2) is 7.01. The molecule has 0 fully saturated rings. The Hall–Kier alpha value is -1.55. The third kappa shape index (κ3) is 3.47. The van der Waals surface area contributed by atoms with E-state index in [-0.39, 0.29) is 5.78 Å². The summed E-state index contributed by atoms with van der Waals surface area (Å²) in [5.74, 6) is 1.43. The Labute approximate surface area is 108 Å². The van der Waals surface area contributed by atoms with Gasteiger partial charge >= 0.3 is 0 Å². The van der Waals surface area contributed by atoms with E-state index < -0.39 is 0 Å². The minimum Gasteiger partial charge on any atom is -0.493 e. The molecular formula is C14H21NO3. The molecule has 0 aromatic heterocycles. The van der Waals surface area contributed by atoms with Crippen LogP contribution >= 0.6 is 0 Å². The first kappa shape index (κ1) is 14.5. The maximum absolute atomic E-state index is 11.5. The molecule has 0 aliphatic carbocycles. The molecule has 0 atom stereocenters. The number of carbonyl (C=O) groups is 1. The Balaban J connectivity index is 3.28. The van der Waals surface area contributed by atoms with Crippen LogP contribution in [0.2, 0.25) is 0 Å². The van der Waals surface area contributed by atoms with Crippen molar-refractivity contribution in [2.75, 3.05) is 20.3 Å². The van der Waals surface area contributed by atoms with Crippen molar-refractivity contribution in [2.45, 2.75) is 27.3 Å². The highest BCUT2D eigenvalue weighted by atomic mass is 16.5. The number of benzene rings is 1. The number of nitrogens with one attached hydrogen (secondary N) is 1. The van der Waals surface area contributed by atoms with Crippen LogP contribution in [0.25, 0.3) is 0 Å². The topological polar surface area (TPSA) is 47.6 Å². The summed E-state index contributed by atoms with van der Waals surface area (Å²) in [7, 11) is 1.87. The van der Waals surface area contributed by atoms with Gasteiger partial charge in [-0.2, -0.15) is 0 Å². The Morgan fingerprint density at radius 2 is 1.67 bits per heavy atom. The van der Waals surface area contributed by atoms with E-state index in [2.05, 4.69) is 5.32 Å². The molecule has 4 nitrogen and oxygen atoms in total. The average molecular weight is 251 g/mol. The first-order chi connectivity index (χ1) is 8.63. The second-order valence-electron chi connectivity index (χ2n) is 3.90. The Bertz CT molecular complexity index is 388. The molecule has 0 saturated heterocycles. The summed E-state index contributed by atoms with van der Waals surface area (Å²) in [6.45, 7) is 7.14. The predicted octanol–water partition coefficient (Wildman–Crippen LogP) is 2.41. The highest BCUT2D eigenvalue weighted by molar-refractivity contribution is 5.95. The molecule has 1 rings (SSSR count). The van der Waals surface area contributed by atoms with Crippen molar-refractivity contribution in [2.24, 2.45) is 0 Å². The van der Waals surface area contributed by atoms with Gasteiger partial charge in [-0.05, 0) is 40.0 Å². The second-order valence-corrected chi connectivity index (χ2v) is 3.90. The van der Waals surface area contributed by atoms with Crippen molar-refractivity contribution in [3.8, 4) is 11.5 Å². The molecule has 0 aliphatic rings. The zero-order valence-corrected chi connectivity index (χ0v) is 11.5. The monoisotopic (exact) mass is 251 g/mol. The zero-order valence-electron chi connectivity index (χ0n) is 11.5. The molecule has 4 heteroatoms. The lowest BCUT2D eigenvalue weighted by atomic mass is 10.1. The van der Waals surface area contributed by atoms with Crippen LogP contribution in [0, 0.1) is 0 Å². The van der Waals surface area contributed by atoms with E-state index in [1.807, 2.05) is 20.9 Å². The van der Waals surface area contributed by atoms with Crippen LogP contribution < -0.4 is 14.8 Å². The van der Waals surface area contributed by atoms with E-state index >= 15 is 0 Å². The lowest BCUT2D eigenvalue weighted by Gasteiger charge is -2.16. The molecule has 0 bridgehead atoms. The summed E-state index contributed by atoms with van der Waals surface area (Å²) in [6.07, 6.45) is 0. The standard InChI is InChI=1S/C14H21NO3/c1-5-17-13-7-11(10(3)16)8-14(18-6-2)12(13)9-15-4/h7-8,15H,5-6,9H2,1-4H3. The van der Waals surface area contributed by atoms with E-state index in [0.717, 1.165) is 5.56 Å². The fraction of sp³-hybridized carbons (Fsp3) is 0.500. The van der Waals surface area contributed by atoms with E-state index in [9.17, 15) is 4.79 Å². The fourth-order valence-corrected chi connectivity index (χ4v) is 1.74. The highest BCUT2D eigenvalue weighted by Gasteiger charge is 2.14. The maximum atomic E-state index is 11.5. The van der Waals surface area contributed by atoms with Crippen LogP contribution in [0.1, 0.15) is 36.7 Å². The summed E-state index contributed by atoms with van der Waals surface area (Å²) in [5.41, 5.74) is 1.56.